The predicted molar refractivity (Wildman–Crippen MR) is 109 cm³/mol. The first-order valence-electron chi connectivity index (χ1n) is 9.00. The first-order chi connectivity index (χ1) is 13.9. The standard InChI is InChI=1S/C19H18N6O3S/c1-12-3-4-15(9-13(12)2)24-19(20-21-22-24)29-11-18(26)23-8-7-14-10-16(25(27)28)5-6-17(14)23/h3-6,9-10H,7-8,11H2,1-2H3. The van der Waals surface area contributed by atoms with Crippen molar-refractivity contribution in [2.24, 2.45) is 0 Å². The molecule has 1 aliphatic heterocycles. The van der Waals surface area contributed by atoms with E-state index in [9.17, 15) is 14.9 Å². The third-order valence-electron chi connectivity index (χ3n) is 4.97. The van der Waals surface area contributed by atoms with Crippen LogP contribution < -0.4 is 4.90 Å². The van der Waals surface area contributed by atoms with Gasteiger partial charge in [-0.1, -0.05) is 17.8 Å². The van der Waals surface area contributed by atoms with Crippen LogP contribution in [0.2, 0.25) is 0 Å². The van der Waals surface area contributed by atoms with Gasteiger partial charge in [-0.2, -0.15) is 4.68 Å². The number of fused-ring (bicyclic) bond motifs is 1. The lowest BCUT2D eigenvalue weighted by molar-refractivity contribution is -0.384. The Labute approximate surface area is 170 Å². The van der Waals surface area contributed by atoms with E-state index in [1.807, 2.05) is 32.0 Å². The first kappa shape index (κ1) is 19.1. The Bertz CT molecular complexity index is 1110. The first-order valence-corrected chi connectivity index (χ1v) is 9.99. The van der Waals surface area contributed by atoms with Crippen LogP contribution in [0.3, 0.4) is 0 Å². The molecule has 2 aromatic carbocycles. The summed E-state index contributed by atoms with van der Waals surface area (Å²) in [6.07, 6.45) is 0.605. The minimum absolute atomic E-state index is 0.0417. The highest BCUT2D eigenvalue weighted by atomic mass is 32.2. The number of carbonyl (C=O) groups is 1. The van der Waals surface area contributed by atoms with Crippen LogP contribution in [0.4, 0.5) is 11.4 Å². The minimum Gasteiger partial charge on any atom is -0.311 e. The fraction of sp³-hybridized carbons (Fsp3) is 0.263. The van der Waals surface area contributed by atoms with Crippen molar-refractivity contribution < 1.29 is 9.72 Å². The smallest absolute Gasteiger partial charge is 0.269 e. The highest BCUT2D eigenvalue weighted by Crippen LogP contribution is 2.32. The van der Waals surface area contributed by atoms with E-state index in [1.54, 1.807) is 15.6 Å². The number of nitrogens with zero attached hydrogens (tertiary/aromatic N) is 6. The number of non-ortho nitro benzene ring substituents is 1. The van der Waals surface area contributed by atoms with Crippen LogP contribution in [0, 0.1) is 24.0 Å². The molecule has 1 amide bonds. The molecule has 9 nitrogen and oxygen atoms in total. The molecule has 0 spiro atoms. The van der Waals surface area contributed by atoms with Gasteiger partial charge in [-0.15, -0.1) is 5.10 Å². The molecule has 148 valence electrons. The Hall–Kier alpha value is -3.27. The van der Waals surface area contributed by atoms with Crippen molar-refractivity contribution >= 4 is 29.0 Å². The molecule has 0 saturated carbocycles. The zero-order valence-corrected chi connectivity index (χ0v) is 16.7. The summed E-state index contributed by atoms with van der Waals surface area (Å²) in [5.74, 6) is 0.0824. The number of benzene rings is 2. The number of nitro groups is 1. The van der Waals surface area contributed by atoms with Gasteiger partial charge in [0.05, 0.1) is 16.4 Å². The van der Waals surface area contributed by atoms with Crippen molar-refractivity contribution in [1.82, 2.24) is 20.2 Å². The molecule has 0 atom stereocenters. The van der Waals surface area contributed by atoms with Gasteiger partial charge in [-0.3, -0.25) is 14.9 Å². The average molecular weight is 410 g/mol. The number of aromatic nitrogens is 4. The molecule has 1 aliphatic rings. The van der Waals surface area contributed by atoms with Crippen LogP contribution in [-0.4, -0.2) is 43.3 Å². The van der Waals surface area contributed by atoms with Gasteiger partial charge in [-0.25, -0.2) is 0 Å². The second kappa shape index (κ2) is 7.63. The summed E-state index contributed by atoms with van der Waals surface area (Å²) in [4.78, 5) is 24.9. The van der Waals surface area contributed by atoms with Crippen LogP contribution in [0.1, 0.15) is 16.7 Å². The number of aryl methyl sites for hydroxylation is 2. The number of thioether (sulfide) groups is 1. The van der Waals surface area contributed by atoms with E-state index in [4.69, 9.17) is 0 Å². The van der Waals surface area contributed by atoms with Crippen LogP contribution in [0.25, 0.3) is 5.69 Å². The molecular formula is C19H18N6O3S. The minimum atomic E-state index is -0.423. The zero-order valence-electron chi connectivity index (χ0n) is 15.9. The van der Waals surface area contributed by atoms with Gasteiger partial charge >= 0.3 is 0 Å². The van der Waals surface area contributed by atoms with E-state index in [1.165, 1.54) is 29.5 Å². The summed E-state index contributed by atoms with van der Waals surface area (Å²) in [5, 5.41) is 23.3. The molecule has 0 radical (unpaired) electrons. The largest absolute Gasteiger partial charge is 0.311 e. The molecule has 0 saturated heterocycles. The number of rotatable bonds is 5. The van der Waals surface area contributed by atoms with Crippen LogP contribution in [-0.2, 0) is 11.2 Å². The van der Waals surface area contributed by atoms with Crippen molar-refractivity contribution in [2.75, 3.05) is 17.2 Å². The molecule has 2 heterocycles. The van der Waals surface area contributed by atoms with Gasteiger partial charge in [0, 0.05) is 24.4 Å². The second-order valence-corrected chi connectivity index (χ2v) is 7.74. The van der Waals surface area contributed by atoms with E-state index in [0.29, 0.717) is 18.1 Å². The van der Waals surface area contributed by atoms with E-state index in [2.05, 4.69) is 15.5 Å². The number of anilines is 1. The maximum Gasteiger partial charge on any atom is 0.269 e. The fourth-order valence-corrected chi connectivity index (χ4v) is 4.02. The quantitative estimate of drug-likeness (QED) is 0.362. The summed E-state index contributed by atoms with van der Waals surface area (Å²) in [5.41, 5.74) is 4.74. The summed E-state index contributed by atoms with van der Waals surface area (Å²) < 4.78 is 1.62. The van der Waals surface area contributed by atoms with Gasteiger partial charge in [0.25, 0.3) is 5.69 Å². The third kappa shape index (κ3) is 3.70. The predicted octanol–water partition coefficient (Wildman–Crippen LogP) is 2.87. The topological polar surface area (TPSA) is 107 Å². The maximum absolute atomic E-state index is 12.8. The Morgan fingerprint density at radius 2 is 2.03 bits per heavy atom. The fourth-order valence-electron chi connectivity index (χ4n) is 3.25. The number of amides is 1. The van der Waals surface area contributed by atoms with E-state index in [-0.39, 0.29) is 17.3 Å². The molecule has 10 heteroatoms. The molecule has 4 rings (SSSR count). The second-order valence-electron chi connectivity index (χ2n) is 6.80. The lowest BCUT2D eigenvalue weighted by Crippen LogP contribution is -2.30. The maximum atomic E-state index is 12.8. The summed E-state index contributed by atoms with van der Waals surface area (Å²) >= 11 is 1.26. The van der Waals surface area contributed by atoms with Crippen molar-refractivity contribution in [3.63, 3.8) is 0 Å². The molecule has 0 aliphatic carbocycles. The van der Waals surface area contributed by atoms with Crippen LogP contribution >= 0.6 is 11.8 Å². The Morgan fingerprint density at radius 1 is 1.21 bits per heavy atom. The molecule has 29 heavy (non-hydrogen) atoms. The Balaban J connectivity index is 1.48. The lowest BCUT2D eigenvalue weighted by atomic mass is 10.1. The number of hydrogen-bond acceptors (Lipinski definition) is 7. The van der Waals surface area contributed by atoms with E-state index in [0.717, 1.165) is 22.5 Å². The molecule has 0 unspecified atom stereocenters. The molecule has 1 aromatic heterocycles. The summed E-state index contributed by atoms with van der Waals surface area (Å²) in [6, 6.07) is 10.6. The molecule has 0 bridgehead atoms. The van der Waals surface area contributed by atoms with Crippen LogP contribution in [0.5, 0.6) is 0 Å². The summed E-state index contributed by atoms with van der Waals surface area (Å²) in [6.45, 7) is 4.57. The SMILES string of the molecule is Cc1ccc(-n2nnnc2SCC(=O)N2CCc3cc([N+](=O)[O-])ccc32)cc1C. The normalized spacial score (nSPS) is 12.8. The molecule has 0 N–H and O–H groups in total. The molecule has 3 aromatic rings. The van der Waals surface area contributed by atoms with Crippen molar-refractivity contribution in [1.29, 1.82) is 0 Å². The van der Waals surface area contributed by atoms with Crippen LogP contribution in [0.15, 0.2) is 41.6 Å². The summed E-state index contributed by atoms with van der Waals surface area (Å²) in [7, 11) is 0. The lowest BCUT2D eigenvalue weighted by Gasteiger charge is -2.16. The van der Waals surface area contributed by atoms with Gasteiger partial charge < -0.3 is 4.90 Å². The monoisotopic (exact) mass is 410 g/mol. The Morgan fingerprint density at radius 3 is 2.79 bits per heavy atom. The van der Waals surface area contributed by atoms with Gasteiger partial charge in [0.2, 0.25) is 11.1 Å². The zero-order chi connectivity index (χ0) is 20.5. The van der Waals surface area contributed by atoms with Gasteiger partial charge in [0.1, 0.15) is 0 Å². The number of tetrazole rings is 1. The Kier molecular flexibility index (Phi) is 5.01. The number of hydrogen-bond donors (Lipinski definition) is 0. The average Bonchev–Trinajstić information content (AvgIpc) is 3.34. The molecule has 0 fully saturated rings. The van der Waals surface area contributed by atoms with Crippen molar-refractivity contribution in [2.45, 2.75) is 25.4 Å². The highest BCUT2D eigenvalue weighted by molar-refractivity contribution is 7.99. The van der Waals surface area contributed by atoms with E-state index >= 15 is 0 Å². The van der Waals surface area contributed by atoms with Crippen molar-refractivity contribution in [3.8, 4) is 5.69 Å². The van der Waals surface area contributed by atoms with Gasteiger partial charge in [0.15, 0.2) is 0 Å². The van der Waals surface area contributed by atoms with Gasteiger partial charge in [-0.05, 0) is 65.6 Å². The van der Waals surface area contributed by atoms with E-state index < -0.39 is 4.92 Å². The number of nitro benzene ring substituents is 1. The molecular weight excluding hydrogens is 392 g/mol. The number of carbonyl (C=O) groups excluding carboxylic acids is 1. The highest BCUT2D eigenvalue weighted by Gasteiger charge is 2.26. The third-order valence-corrected chi connectivity index (χ3v) is 5.88. The van der Waals surface area contributed by atoms with Crippen molar-refractivity contribution in [3.05, 3.63) is 63.2 Å².